The van der Waals surface area contributed by atoms with Crippen molar-refractivity contribution in [2.45, 2.75) is 13.5 Å². The largest absolute Gasteiger partial charge is 0.463 e. The van der Waals surface area contributed by atoms with Crippen molar-refractivity contribution in [1.82, 2.24) is 4.98 Å². The zero-order chi connectivity index (χ0) is 18.7. The molecule has 6 nitrogen and oxygen atoms in total. The number of H-pyrrole nitrogens is 1. The summed E-state index contributed by atoms with van der Waals surface area (Å²) in [6.45, 7) is -1.45. The molecule has 0 fully saturated rings. The molecular weight excluding hydrogens is 346 g/mol. The number of alkyl halides is 2. The van der Waals surface area contributed by atoms with Crippen molar-refractivity contribution in [3.63, 3.8) is 0 Å². The lowest BCUT2D eigenvalue weighted by atomic mass is 10.1. The summed E-state index contributed by atoms with van der Waals surface area (Å²) in [4.78, 5) is 27.1. The van der Waals surface area contributed by atoms with Crippen LogP contribution in [0.15, 0.2) is 57.9 Å². The van der Waals surface area contributed by atoms with Crippen LogP contribution in [0.3, 0.4) is 0 Å². The second kappa shape index (κ2) is 7.22. The van der Waals surface area contributed by atoms with E-state index in [4.69, 9.17) is 4.42 Å². The molecule has 2 N–H and O–H groups in total. The van der Waals surface area contributed by atoms with E-state index in [1.54, 1.807) is 18.2 Å². The Balaban J connectivity index is 1.84. The number of pyridine rings is 1. The summed E-state index contributed by atoms with van der Waals surface area (Å²) in [5.74, 6) is -0.267. The molecule has 0 bridgehead atoms. The van der Waals surface area contributed by atoms with E-state index in [2.05, 4.69) is 15.0 Å². The zero-order valence-electron chi connectivity index (χ0n) is 13.6. The van der Waals surface area contributed by atoms with Gasteiger partial charge in [-0.2, -0.15) is 8.78 Å². The summed E-state index contributed by atoms with van der Waals surface area (Å²) in [5, 5.41) is 2.53. The number of ether oxygens (including phenoxy) is 1. The van der Waals surface area contributed by atoms with Crippen molar-refractivity contribution >= 4 is 11.6 Å². The standard InChI is InChI=1S/C18H14F2N2O4/c1-10-12(4-2-5-14(10)26-18(19)20)21-16(23)11-7-8-13(22-17(11)24)15-6-3-9-25-15/h2-9,18H,1H3,(H,21,23)(H,22,24). The summed E-state index contributed by atoms with van der Waals surface area (Å²) in [6, 6.07) is 10.6. The molecule has 134 valence electrons. The number of aromatic nitrogens is 1. The maximum atomic E-state index is 12.4. The van der Waals surface area contributed by atoms with E-state index >= 15 is 0 Å². The van der Waals surface area contributed by atoms with E-state index in [0.29, 0.717) is 17.0 Å². The minimum absolute atomic E-state index is 0.0557. The van der Waals surface area contributed by atoms with Crippen LogP contribution in [-0.4, -0.2) is 17.5 Å². The maximum Gasteiger partial charge on any atom is 0.387 e. The van der Waals surface area contributed by atoms with Crippen molar-refractivity contribution in [3.8, 4) is 17.2 Å². The number of carbonyl (C=O) groups is 1. The van der Waals surface area contributed by atoms with Gasteiger partial charge in [-0.25, -0.2) is 0 Å². The third-order valence-corrected chi connectivity index (χ3v) is 3.69. The predicted molar refractivity (Wildman–Crippen MR) is 90.5 cm³/mol. The van der Waals surface area contributed by atoms with Crippen molar-refractivity contribution in [2.24, 2.45) is 0 Å². The van der Waals surface area contributed by atoms with Crippen LogP contribution in [0.25, 0.3) is 11.5 Å². The second-order valence-electron chi connectivity index (χ2n) is 5.35. The molecule has 0 aliphatic heterocycles. The highest BCUT2D eigenvalue weighted by atomic mass is 19.3. The number of benzene rings is 1. The van der Waals surface area contributed by atoms with Gasteiger partial charge in [0.25, 0.3) is 11.5 Å². The van der Waals surface area contributed by atoms with Crippen molar-refractivity contribution < 1.29 is 22.7 Å². The lowest BCUT2D eigenvalue weighted by Crippen LogP contribution is -2.23. The average Bonchev–Trinajstić information content (AvgIpc) is 3.12. The Kier molecular flexibility index (Phi) is 4.83. The number of halogens is 2. The number of furan rings is 1. The van der Waals surface area contributed by atoms with E-state index in [1.807, 2.05) is 0 Å². The fraction of sp³-hybridized carbons (Fsp3) is 0.111. The molecule has 0 spiro atoms. The minimum atomic E-state index is -2.98. The van der Waals surface area contributed by atoms with Crippen LogP contribution in [0, 0.1) is 6.92 Å². The highest BCUT2D eigenvalue weighted by molar-refractivity contribution is 6.04. The van der Waals surface area contributed by atoms with Crippen molar-refractivity contribution in [3.05, 3.63) is 70.2 Å². The predicted octanol–water partition coefficient (Wildman–Crippen LogP) is 3.80. The quantitative estimate of drug-likeness (QED) is 0.725. The number of rotatable bonds is 5. The Bertz CT molecular complexity index is 981. The van der Waals surface area contributed by atoms with E-state index < -0.39 is 18.1 Å². The Hall–Kier alpha value is -3.42. The van der Waals surface area contributed by atoms with E-state index in [0.717, 1.165) is 0 Å². The molecule has 1 aromatic carbocycles. The minimum Gasteiger partial charge on any atom is -0.463 e. The van der Waals surface area contributed by atoms with Gasteiger partial charge in [-0.1, -0.05) is 6.07 Å². The second-order valence-corrected chi connectivity index (χ2v) is 5.35. The fourth-order valence-electron chi connectivity index (χ4n) is 2.39. The fourth-order valence-corrected chi connectivity index (χ4v) is 2.39. The third-order valence-electron chi connectivity index (χ3n) is 3.69. The van der Waals surface area contributed by atoms with Gasteiger partial charge in [0.05, 0.1) is 12.0 Å². The van der Waals surface area contributed by atoms with Gasteiger partial charge in [0, 0.05) is 11.3 Å². The average molecular weight is 360 g/mol. The third kappa shape index (κ3) is 3.64. The first-order chi connectivity index (χ1) is 12.5. The number of nitrogens with one attached hydrogen (secondary N) is 2. The topological polar surface area (TPSA) is 84.3 Å². The van der Waals surface area contributed by atoms with Crippen LogP contribution in [-0.2, 0) is 0 Å². The van der Waals surface area contributed by atoms with Gasteiger partial charge in [0.1, 0.15) is 17.1 Å². The normalized spacial score (nSPS) is 10.8. The number of amides is 1. The lowest BCUT2D eigenvalue weighted by molar-refractivity contribution is -0.0502. The molecular formula is C18H14F2N2O4. The number of anilines is 1. The molecule has 0 atom stereocenters. The van der Waals surface area contributed by atoms with Crippen molar-refractivity contribution in [2.75, 3.05) is 5.32 Å². The molecule has 2 aromatic heterocycles. The SMILES string of the molecule is Cc1c(NC(=O)c2ccc(-c3ccco3)[nH]c2=O)cccc1OC(F)F. The van der Waals surface area contributed by atoms with Crippen LogP contribution in [0.4, 0.5) is 14.5 Å². The number of aromatic amines is 1. The first kappa shape index (κ1) is 17.4. The van der Waals surface area contributed by atoms with Gasteiger partial charge in [-0.3, -0.25) is 9.59 Å². The van der Waals surface area contributed by atoms with Gasteiger partial charge in [-0.05, 0) is 43.3 Å². The monoisotopic (exact) mass is 360 g/mol. The molecule has 1 amide bonds. The molecule has 0 saturated heterocycles. The Labute approximate surface area is 146 Å². The molecule has 26 heavy (non-hydrogen) atoms. The van der Waals surface area contributed by atoms with Gasteiger partial charge < -0.3 is 19.5 Å². The van der Waals surface area contributed by atoms with E-state index in [9.17, 15) is 18.4 Å². The Morgan fingerprint density at radius 3 is 2.65 bits per heavy atom. The lowest BCUT2D eigenvalue weighted by Gasteiger charge is -2.13. The smallest absolute Gasteiger partial charge is 0.387 e. The molecule has 0 aliphatic rings. The molecule has 8 heteroatoms. The molecule has 0 aliphatic carbocycles. The first-order valence-electron chi connectivity index (χ1n) is 7.58. The summed E-state index contributed by atoms with van der Waals surface area (Å²) >= 11 is 0. The number of carbonyl (C=O) groups excluding carboxylic acids is 1. The molecule has 0 radical (unpaired) electrons. The van der Waals surface area contributed by atoms with E-state index in [1.165, 1.54) is 37.5 Å². The summed E-state index contributed by atoms with van der Waals surface area (Å²) in [5.41, 5.74) is 0.293. The molecule has 2 heterocycles. The number of hydrogen-bond donors (Lipinski definition) is 2. The Morgan fingerprint density at radius 1 is 1.19 bits per heavy atom. The summed E-state index contributed by atoms with van der Waals surface area (Å²) < 4.78 is 34.4. The first-order valence-corrected chi connectivity index (χ1v) is 7.58. The van der Waals surface area contributed by atoms with Crippen molar-refractivity contribution in [1.29, 1.82) is 0 Å². The molecule has 0 saturated carbocycles. The maximum absolute atomic E-state index is 12.4. The molecule has 0 unspecified atom stereocenters. The van der Waals surface area contributed by atoms with Gasteiger partial charge in [0.15, 0.2) is 0 Å². The highest BCUT2D eigenvalue weighted by Gasteiger charge is 2.15. The number of hydrogen-bond acceptors (Lipinski definition) is 4. The van der Waals surface area contributed by atoms with Crippen LogP contribution in [0.5, 0.6) is 5.75 Å². The summed E-state index contributed by atoms with van der Waals surface area (Å²) in [6.07, 6.45) is 1.46. The van der Waals surface area contributed by atoms with Gasteiger partial charge >= 0.3 is 6.61 Å². The molecule has 3 rings (SSSR count). The highest BCUT2D eigenvalue weighted by Crippen LogP contribution is 2.27. The van der Waals surface area contributed by atoms with Gasteiger partial charge in [-0.15, -0.1) is 0 Å². The summed E-state index contributed by atoms with van der Waals surface area (Å²) in [7, 11) is 0. The van der Waals surface area contributed by atoms with Crippen LogP contribution >= 0.6 is 0 Å². The Morgan fingerprint density at radius 2 is 2.00 bits per heavy atom. The zero-order valence-corrected chi connectivity index (χ0v) is 13.6. The van der Waals surface area contributed by atoms with Crippen LogP contribution < -0.4 is 15.6 Å². The van der Waals surface area contributed by atoms with Gasteiger partial charge in [0.2, 0.25) is 0 Å². The van der Waals surface area contributed by atoms with Crippen LogP contribution in [0.1, 0.15) is 15.9 Å². The van der Waals surface area contributed by atoms with Crippen LogP contribution in [0.2, 0.25) is 0 Å². The molecule has 3 aromatic rings. The van der Waals surface area contributed by atoms with E-state index in [-0.39, 0.29) is 17.0 Å².